The predicted octanol–water partition coefficient (Wildman–Crippen LogP) is 10.4. The van der Waals surface area contributed by atoms with Crippen LogP contribution in [0.25, 0.3) is 22.0 Å². The first-order chi connectivity index (χ1) is 32.4. The number of hydrogen-bond donors (Lipinski definition) is 2. The Morgan fingerprint density at radius 1 is 0.561 bits per heavy atom. The number of ether oxygens (including phenoxy) is 5. The lowest BCUT2D eigenvalue weighted by atomic mass is 10.00. The minimum atomic E-state index is -0.618. The van der Waals surface area contributed by atoms with Crippen LogP contribution in [-0.4, -0.2) is 34.2 Å². The van der Waals surface area contributed by atoms with E-state index in [1.54, 1.807) is 54.6 Å². The van der Waals surface area contributed by atoms with E-state index in [0.29, 0.717) is 58.5 Å². The Labute approximate surface area is 381 Å². The minimum absolute atomic E-state index is 0.139. The van der Waals surface area contributed by atoms with Gasteiger partial charge in [-0.25, -0.2) is 9.89 Å². The van der Waals surface area contributed by atoms with Crippen molar-refractivity contribution in [2.75, 3.05) is 0 Å². The van der Waals surface area contributed by atoms with Crippen LogP contribution in [-0.2, 0) is 31.2 Å². The maximum Gasteiger partial charge on any atom is 0.338 e. The van der Waals surface area contributed by atoms with Gasteiger partial charge in [-0.1, -0.05) is 127 Å². The minimum Gasteiger partial charge on any atom is -0.489 e. The lowest BCUT2D eigenvalue weighted by molar-refractivity contribution is 0.0249. The van der Waals surface area contributed by atoms with Crippen LogP contribution in [0.1, 0.15) is 62.2 Å². The number of nitrogens with one attached hydrogen (secondary N) is 2. The molecule has 0 unspecified atom stereocenters. The Morgan fingerprint density at radius 3 is 1.62 bits per heavy atom. The molecule has 66 heavy (non-hydrogen) atoms. The molecule has 8 aromatic rings. The summed E-state index contributed by atoms with van der Waals surface area (Å²) in [5.74, 6) is 0.716. The van der Waals surface area contributed by atoms with E-state index in [1.165, 1.54) is 0 Å². The van der Waals surface area contributed by atoms with Crippen molar-refractivity contribution < 1.29 is 33.3 Å². The maximum absolute atomic E-state index is 14.4. The Hall–Kier alpha value is -8.18. The summed E-state index contributed by atoms with van der Waals surface area (Å²) in [6, 6.07) is 54.0. The summed E-state index contributed by atoms with van der Waals surface area (Å²) in [5.41, 5.74) is 4.71. The lowest BCUT2D eigenvalue weighted by Gasteiger charge is -2.23. The van der Waals surface area contributed by atoms with E-state index in [-0.39, 0.29) is 42.8 Å². The van der Waals surface area contributed by atoms with E-state index < -0.39 is 23.7 Å². The van der Waals surface area contributed by atoms with Gasteiger partial charge in [-0.2, -0.15) is 5.10 Å². The van der Waals surface area contributed by atoms with Crippen LogP contribution in [0.15, 0.2) is 181 Å². The zero-order valence-electron chi connectivity index (χ0n) is 36.1. The van der Waals surface area contributed by atoms with Crippen molar-refractivity contribution in [3.8, 4) is 34.3 Å². The van der Waals surface area contributed by atoms with Gasteiger partial charge in [-0.3, -0.25) is 9.59 Å². The SMILES string of the molecule is O=C(N[C@@H]1CCC[C@H]1OC(=O)c1cc(OCc2ccccc2)c(-c2n[nH]c(=O)c3cccc(OCc4ccccc4)c23)c(OCc2ccccc2)c1)c1ccc(OCc2ccccc2)cc1. The van der Waals surface area contributed by atoms with Crippen molar-refractivity contribution in [3.63, 3.8) is 0 Å². The van der Waals surface area contributed by atoms with Gasteiger partial charge < -0.3 is 29.0 Å². The molecule has 2 atom stereocenters. The van der Waals surface area contributed by atoms with Gasteiger partial charge in [-0.05, 0) is 90.0 Å². The third-order valence-electron chi connectivity index (χ3n) is 11.4. The van der Waals surface area contributed by atoms with E-state index in [9.17, 15) is 14.4 Å². The molecule has 330 valence electrons. The molecule has 1 aliphatic rings. The Bertz CT molecular complexity index is 2900. The van der Waals surface area contributed by atoms with E-state index in [4.69, 9.17) is 23.7 Å². The number of amides is 1. The molecule has 1 aliphatic carbocycles. The lowest BCUT2D eigenvalue weighted by Crippen LogP contribution is -2.42. The fraction of sp³-hybridized carbons (Fsp3) is 0.164. The topological polar surface area (TPSA) is 138 Å². The Kier molecular flexibility index (Phi) is 13.4. The number of benzene rings is 7. The fourth-order valence-corrected chi connectivity index (χ4v) is 8.00. The van der Waals surface area contributed by atoms with Crippen molar-refractivity contribution in [1.82, 2.24) is 15.5 Å². The van der Waals surface area contributed by atoms with Crippen LogP contribution in [0.2, 0.25) is 0 Å². The molecule has 1 aromatic heterocycles. The second-order valence-corrected chi connectivity index (χ2v) is 16.0. The molecular weight excluding hydrogens is 831 g/mol. The van der Waals surface area contributed by atoms with Gasteiger partial charge in [0.1, 0.15) is 61.2 Å². The van der Waals surface area contributed by atoms with Gasteiger partial charge in [0, 0.05) is 5.56 Å². The first-order valence-corrected chi connectivity index (χ1v) is 21.9. The number of carbonyl (C=O) groups is 2. The molecular formula is C55H47N3O8. The van der Waals surface area contributed by atoms with Crippen LogP contribution >= 0.6 is 0 Å². The van der Waals surface area contributed by atoms with Crippen molar-refractivity contribution in [1.29, 1.82) is 0 Å². The number of nitrogens with zero attached hydrogens (tertiary/aromatic N) is 1. The highest BCUT2D eigenvalue weighted by atomic mass is 16.5. The van der Waals surface area contributed by atoms with Crippen molar-refractivity contribution in [3.05, 3.63) is 220 Å². The van der Waals surface area contributed by atoms with Crippen LogP contribution in [0.4, 0.5) is 0 Å². The second kappa shape index (κ2) is 20.5. The monoisotopic (exact) mass is 877 g/mol. The third-order valence-corrected chi connectivity index (χ3v) is 11.4. The van der Waals surface area contributed by atoms with Gasteiger partial charge in [0.25, 0.3) is 11.5 Å². The van der Waals surface area contributed by atoms with Crippen molar-refractivity contribution in [2.45, 2.75) is 57.8 Å². The number of aromatic amines is 1. The van der Waals surface area contributed by atoms with E-state index in [0.717, 1.165) is 28.7 Å². The molecule has 1 saturated carbocycles. The van der Waals surface area contributed by atoms with Gasteiger partial charge in [0.15, 0.2) is 0 Å². The number of hydrogen-bond acceptors (Lipinski definition) is 9. The molecule has 0 spiro atoms. The summed E-state index contributed by atoms with van der Waals surface area (Å²) >= 11 is 0. The largest absolute Gasteiger partial charge is 0.489 e. The second-order valence-electron chi connectivity index (χ2n) is 16.0. The molecule has 1 fully saturated rings. The number of rotatable bonds is 17. The van der Waals surface area contributed by atoms with E-state index in [1.807, 2.05) is 121 Å². The molecule has 11 nitrogen and oxygen atoms in total. The molecule has 0 radical (unpaired) electrons. The molecule has 2 N–H and O–H groups in total. The fourth-order valence-electron chi connectivity index (χ4n) is 8.00. The standard InChI is InChI=1S/C55H47N3O8/c59-53(41-27-29-43(30-28-41)62-33-37-15-5-1-6-16-37)56-45-24-14-25-46(45)66-55(61)42-31-48(64-35-39-19-9-3-10-20-39)51(49(32-42)65-36-40-21-11-4-12-22-40)52-50-44(54(60)58-57-52)23-13-26-47(50)63-34-38-17-7-2-8-18-38/h1-13,15-23,26-32,45-46H,14,24-25,33-36H2,(H,56,59)(H,58,60)/t45-,46-/m1/s1. The normalized spacial score (nSPS) is 14.3. The number of esters is 1. The summed E-state index contributed by atoms with van der Waals surface area (Å²) < 4.78 is 31.8. The first kappa shape index (κ1) is 43.1. The van der Waals surface area contributed by atoms with Gasteiger partial charge in [-0.15, -0.1) is 0 Å². The maximum atomic E-state index is 14.4. The van der Waals surface area contributed by atoms with Gasteiger partial charge >= 0.3 is 5.97 Å². The molecule has 1 heterocycles. The third kappa shape index (κ3) is 10.4. The van der Waals surface area contributed by atoms with Crippen molar-refractivity contribution in [2.24, 2.45) is 0 Å². The van der Waals surface area contributed by atoms with E-state index in [2.05, 4.69) is 15.5 Å². The Balaban J connectivity index is 1.03. The summed E-state index contributed by atoms with van der Waals surface area (Å²) in [7, 11) is 0. The average Bonchev–Trinajstić information content (AvgIpc) is 3.80. The summed E-state index contributed by atoms with van der Waals surface area (Å²) in [4.78, 5) is 41.3. The molecule has 1 amide bonds. The van der Waals surface area contributed by atoms with Crippen LogP contribution < -0.4 is 29.8 Å². The number of aromatic nitrogens is 2. The van der Waals surface area contributed by atoms with Gasteiger partial charge in [0.05, 0.1) is 27.9 Å². The van der Waals surface area contributed by atoms with E-state index >= 15 is 0 Å². The molecule has 9 rings (SSSR count). The molecule has 0 bridgehead atoms. The van der Waals surface area contributed by atoms with Crippen LogP contribution in [0.5, 0.6) is 23.0 Å². The first-order valence-electron chi connectivity index (χ1n) is 21.9. The number of carbonyl (C=O) groups excluding carboxylic acids is 2. The highest BCUT2D eigenvalue weighted by Crippen LogP contribution is 2.44. The summed E-state index contributed by atoms with van der Waals surface area (Å²) in [6.07, 6.45) is 1.36. The smallest absolute Gasteiger partial charge is 0.338 e. The quantitative estimate of drug-likeness (QED) is 0.0856. The Morgan fingerprint density at radius 2 is 1.08 bits per heavy atom. The zero-order valence-corrected chi connectivity index (χ0v) is 36.1. The molecule has 0 saturated heterocycles. The average molecular weight is 878 g/mol. The molecule has 11 heteroatoms. The molecule has 7 aromatic carbocycles. The summed E-state index contributed by atoms with van der Waals surface area (Å²) in [5, 5.41) is 11.2. The number of H-pyrrole nitrogens is 1. The highest BCUT2D eigenvalue weighted by Gasteiger charge is 2.33. The number of fused-ring (bicyclic) bond motifs is 1. The molecule has 0 aliphatic heterocycles. The zero-order chi connectivity index (χ0) is 45.1. The van der Waals surface area contributed by atoms with Crippen molar-refractivity contribution >= 4 is 22.6 Å². The van der Waals surface area contributed by atoms with Crippen LogP contribution in [0.3, 0.4) is 0 Å². The van der Waals surface area contributed by atoms with Gasteiger partial charge in [0.2, 0.25) is 0 Å². The predicted molar refractivity (Wildman–Crippen MR) is 252 cm³/mol. The van der Waals surface area contributed by atoms with Crippen LogP contribution in [0, 0.1) is 0 Å². The highest BCUT2D eigenvalue weighted by molar-refractivity contribution is 6.02. The summed E-state index contributed by atoms with van der Waals surface area (Å²) in [6.45, 7) is 0.933.